The zero-order valence-electron chi connectivity index (χ0n) is 13.1. The van der Waals surface area contributed by atoms with Gasteiger partial charge in [-0.05, 0) is 43.9 Å². The Kier molecular flexibility index (Phi) is 5.84. The van der Waals surface area contributed by atoms with Crippen molar-refractivity contribution in [3.05, 3.63) is 70.2 Å². The number of hydrogen-bond donors (Lipinski definition) is 1. The van der Waals surface area contributed by atoms with Gasteiger partial charge in [-0.3, -0.25) is 0 Å². The van der Waals surface area contributed by atoms with E-state index in [1.807, 2.05) is 18.2 Å². The summed E-state index contributed by atoms with van der Waals surface area (Å²) in [7, 11) is 0. The summed E-state index contributed by atoms with van der Waals surface area (Å²) in [6, 6.07) is 17.7. The molecule has 0 fully saturated rings. The molecule has 1 N–H and O–H groups in total. The highest BCUT2D eigenvalue weighted by atomic mass is 35.5. The van der Waals surface area contributed by atoms with Crippen LogP contribution in [0.15, 0.2) is 48.5 Å². The van der Waals surface area contributed by atoms with Gasteiger partial charge in [-0.15, -0.1) is 0 Å². The molecular formula is C19H24ClN. The summed E-state index contributed by atoms with van der Waals surface area (Å²) in [5.41, 5.74) is 3.87. The van der Waals surface area contributed by atoms with Gasteiger partial charge in [0, 0.05) is 17.1 Å². The molecule has 2 aromatic rings. The van der Waals surface area contributed by atoms with Crippen LogP contribution in [0.4, 0.5) is 0 Å². The lowest BCUT2D eigenvalue weighted by atomic mass is 10.0. The van der Waals surface area contributed by atoms with Gasteiger partial charge in [0.1, 0.15) is 0 Å². The van der Waals surface area contributed by atoms with Gasteiger partial charge in [0.25, 0.3) is 0 Å². The van der Waals surface area contributed by atoms with Crippen LogP contribution in [0.3, 0.4) is 0 Å². The van der Waals surface area contributed by atoms with E-state index in [1.165, 1.54) is 16.7 Å². The highest BCUT2D eigenvalue weighted by molar-refractivity contribution is 6.31. The van der Waals surface area contributed by atoms with Gasteiger partial charge in [0.15, 0.2) is 0 Å². The average molecular weight is 302 g/mol. The summed E-state index contributed by atoms with van der Waals surface area (Å²) in [6.45, 7) is 6.57. The first-order chi connectivity index (χ1) is 10.1. The Bertz CT molecular complexity index is 562. The summed E-state index contributed by atoms with van der Waals surface area (Å²) in [4.78, 5) is 0. The van der Waals surface area contributed by atoms with Gasteiger partial charge in [-0.1, -0.05) is 66.6 Å². The summed E-state index contributed by atoms with van der Waals surface area (Å²) in [6.07, 6.45) is 2.03. The minimum absolute atomic E-state index is 0.385. The third kappa shape index (κ3) is 4.59. The maximum absolute atomic E-state index is 6.25. The first kappa shape index (κ1) is 16.1. The summed E-state index contributed by atoms with van der Waals surface area (Å²) < 4.78 is 0. The van der Waals surface area contributed by atoms with Crippen LogP contribution < -0.4 is 5.32 Å². The van der Waals surface area contributed by atoms with Gasteiger partial charge in [-0.25, -0.2) is 0 Å². The highest BCUT2D eigenvalue weighted by Crippen LogP contribution is 2.21. The Morgan fingerprint density at radius 2 is 1.71 bits per heavy atom. The van der Waals surface area contributed by atoms with Crippen molar-refractivity contribution in [1.29, 1.82) is 0 Å². The predicted octanol–water partition coefficient (Wildman–Crippen LogP) is 5.32. The highest BCUT2D eigenvalue weighted by Gasteiger charge is 2.13. The summed E-state index contributed by atoms with van der Waals surface area (Å²) >= 11 is 6.25. The van der Waals surface area contributed by atoms with E-state index in [9.17, 15) is 0 Å². The molecular weight excluding hydrogens is 278 g/mol. The van der Waals surface area contributed by atoms with Gasteiger partial charge in [0.05, 0.1) is 0 Å². The standard InChI is InChI=1S/C19H24ClN/c1-4-19(16-11-9-14(2)10-12-16)21-15(3)13-17-7-5-6-8-18(17)20/h5-12,15,19,21H,4,13H2,1-3H3. The van der Waals surface area contributed by atoms with Gasteiger partial charge < -0.3 is 5.32 Å². The zero-order chi connectivity index (χ0) is 15.2. The molecule has 0 heterocycles. The second-order valence-corrected chi connectivity index (χ2v) is 6.14. The van der Waals surface area contributed by atoms with Crippen molar-refractivity contribution in [2.45, 2.75) is 45.7 Å². The predicted molar refractivity (Wildman–Crippen MR) is 92.0 cm³/mol. The van der Waals surface area contributed by atoms with Crippen molar-refractivity contribution >= 4 is 11.6 Å². The monoisotopic (exact) mass is 301 g/mol. The van der Waals surface area contributed by atoms with E-state index < -0.39 is 0 Å². The number of benzene rings is 2. The first-order valence-corrected chi connectivity index (χ1v) is 8.04. The molecule has 0 bridgehead atoms. The molecule has 0 saturated carbocycles. The maximum atomic E-state index is 6.25. The van der Waals surface area contributed by atoms with Crippen LogP contribution in [-0.2, 0) is 6.42 Å². The fourth-order valence-corrected chi connectivity index (χ4v) is 2.86. The molecule has 0 aromatic heterocycles. The SMILES string of the molecule is CCC(NC(C)Cc1ccccc1Cl)c1ccc(C)cc1. The van der Waals surface area contributed by atoms with Gasteiger partial charge in [0.2, 0.25) is 0 Å². The van der Waals surface area contributed by atoms with Crippen molar-refractivity contribution in [3.63, 3.8) is 0 Å². The third-order valence-corrected chi connectivity index (χ3v) is 4.23. The number of halogens is 1. The van der Waals surface area contributed by atoms with E-state index >= 15 is 0 Å². The lowest BCUT2D eigenvalue weighted by molar-refractivity contribution is 0.443. The topological polar surface area (TPSA) is 12.0 Å². The first-order valence-electron chi connectivity index (χ1n) is 7.66. The Morgan fingerprint density at radius 1 is 1.05 bits per heavy atom. The molecule has 21 heavy (non-hydrogen) atoms. The fraction of sp³-hybridized carbons (Fsp3) is 0.368. The van der Waals surface area contributed by atoms with Crippen LogP contribution in [0.1, 0.15) is 43.0 Å². The van der Waals surface area contributed by atoms with E-state index in [1.54, 1.807) is 0 Å². The summed E-state index contributed by atoms with van der Waals surface area (Å²) in [5, 5.41) is 4.58. The fourth-order valence-electron chi connectivity index (χ4n) is 2.64. The van der Waals surface area contributed by atoms with E-state index in [-0.39, 0.29) is 0 Å². The van der Waals surface area contributed by atoms with Crippen LogP contribution in [0.25, 0.3) is 0 Å². The molecule has 2 heteroatoms. The molecule has 2 rings (SSSR count). The van der Waals surface area contributed by atoms with Crippen LogP contribution in [0.5, 0.6) is 0 Å². The van der Waals surface area contributed by atoms with Crippen molar-refractivity contribution in [2.24, 2.45) is 0 Å². The lowest BCUT2D eigenvalue weighted by Gasteiger charge is -2.23. The largest absolute Gasteiger partial charge is 0.307 e. The Labute approximate surface area is 133 Å². The van der Waals surface area contributed by atoms with Crippen LogP contribution in [-0.4, -0.2) is 6.04 Å². The molecule has 1 nitrogen and oxygen atoms in total. The number of hydrogen-bond acceptors (Lipinski definition) is 1. The van der Waals surface area contributed by atoms with E-state index in [4.69, 9.17) is 11.6 Å². The van der Waals surface area contributed by atoms with E-state index in [2.05, 4.69) is 56.4 Å². The maximum Gasteiger partial charge on any atom is 0.0438 e. The quantitative estimate of drug-likeness (QED) is 0.761. The van der Waals surface area contributed by atoms with Crippen molar-refractivity contribution in [2.75, 3.05) is 0 Å². The average Bonchev–Trinajstić information content (AvgIpc) is 2.48. The van der Waals surface area contributed by atoms with E-state index in [0.717, 1.165) is 17.9 Å². The summed E-state index contributed by atoms with van der Waals surface area (Å²) in [5.74, 6) is 0. The lowest BCUT2D eigenvalue weighted by Crippen LogP contribution is -2.32. The molecule has 0 saturated heterocycles. The molecule has 0 aliphatic rings. The number of aryl methyl sites for hydroxylation is 1. The van der Waals surface area contributed by atoms with Crippen LogP contribution in [0.2, 0.25) is 5.02 Å². The molecule has 0 aliphatic heterocycles. The second kappa shape index (κ2) is 7.63. The minimum atomic E-state index is 0.385. The minimum Gasteiger partial charge on any atom is -0.307 e. The second-order valence-electron chi connectivity index (χ2n) is 5.73. The van der Waals surface area contributed by atoms with Crippen LogP contribution in [0, 0.1) is 6.92 Å². The molecule has 0 radical (unpaired) electrons. The molecule has 112 valence electrons. The number of rotatable bonds is 6. The Balaban J connectivity index is 2.01. The molecule has 2 unspecified atom stereocenters. The molecule has 0 spiro atoms. The zero-order valence-corrected chi connectivity index (χ0v) is 13.8. The molecule has 2 atom stereocenters. The number of nitrogens with one attached hydrogen (secondary N) is 1. The Morgan fingerprint density at radius 3 is 2.33 bits per heavy atom. The molecule has 0 aliphatic carbocycles. The Hall–Kier alpha value is -1.31. The molecule has 0 amide bonds. The van der Waals surface area contributed by atoms with Gasteiger partial charge >= 0.3 is 0 Å². The molecule has 2 aromatic carbocycles. The van der Waals surface area contributed by atoms with E-state index in [0.29, 0.717) is 12.1 Å². The third-order valence-electron chi connectivity index (χ3n) is 3.86. The van der Waals surface area contributed by atoms with Crippen molar-refractivity contribution in [1.82, 2.24) is 5.32 Å². The smallest absolute Gasteiger partial charge is 0.0438 e. The van der Waals surface area contributed by atoms with Crippen molar-refractivity contribution in [3.8, 4) is 0 Å². The van der Waals surface area contributed by atoms with Crippen molar-refractivity contribution < 1.29 is 0 Å². The normalized spacial score (nSPS) is 13.9. The van der Waals surface area contributed by atoms with Crippen LogP contribution >= 0.6 is 11.6 Å². The van der Waals surface area contributed by atoms with Gasteiger partial charge in [-0.2, -0.15) is 0 Å².